The van der Waals surface area contributed by atoms with Crippen LogP contribution < -0.4 is 4.90 Å². The van der Waals surface area contributed by atoms with E-state index in [2.05, 4.69) is 66.4 Å². The van der Waals surface area contributed by atoms with Crippen molar-refractivity contribution < 1.29 is 14.6 Å². The number of aliphatic carboxylic acids is 1. The highest BCUT2D eigenvalue weighted by Crippen LogP contribution is 2.75. The summed E-state index contributed by atoms with van der Waals surface area (Å²) < 4.78 is 5.73. The second-order valence-corrected chi connectivity index (χ2v) is 17.0. The molecule has 7 rings (SSSR count). The minimum atomic E-state index is -0.588. The summed E-state index contributed by atoms with van der Waals surface area (Å²) in [5.74, 6) is 3.70. The number of anilines is 1. The van der Waals surface area contributed by atoms with Crippen molar-refractivity contribution >= 4 is 11.8 Å². The number of aryl methyl sites for hydroxylation is 1. The molecule has 1 aromatic rings. The zero-order valence-electron chi connectivity index (χ0n) is 28.1. The summed E-state index contributed by atoms with van der Waals surface area (Å²) in [6.45, 7) is 22.8. The van der Waals surface area contributed by atoms with Crippen LogP contribution in [-0.2, 0) is 21.4 Å². The molecule has 6 heteroatoms. The first-order valence-electron chi connectivity index (χ1n) is 17.4. The minimum Gasteiger partial charge on any atom is -0.481 e. The summed E-state index contributed by atoms with van der Waals surface area (Å²) >= 11 is 0. The Morgan fingerprint density at radius 3 is 2.40 bits per heavy atom. The van der Waals surface area contributed by atoms with Crippen molar-refractivity contribution in [2.24, 2.45) is 51.2 Å². The standard InChI is InChI=1S/C37H55N3O3/c1-22-11-14-37(32(41)42)16-15-35(7)26(29(37)23(22)2)9-10-28-34(6)21-25-30(33(4,5)27(34)12-13-36(28,35)8)38-24(3)39-31(25)40-17-19-43-20-18-40/h9,22-23,27-29H,10-21H2,1-8H3,(H,41,42)/t22-,23+,27+,28-,29+,34+,35-,36-,37+/m1/s1. The molecule has 0 aromatic carbocycles. The van der Waals surface area contributed by atoms with Crippen LogP contribution in [0.5, 0.6) is 0 Å². The van der Waals surface area contributed by atoms with Crippen molar-refractivity contribution in [1.82, 2.24) is 9.97 Å². The number of carbonyl (C=O) groups is 1. The molecule has 43 heavy (non-hydrogen) atoms. The lowest BCUT2D eigenvalue weighted by Gasteiger charge is -2.70. The van der Waals surface area contributed by atoms with E-state index in [9.17, 15) is 9.90 Å². The summed E-state index contributed by atoms with van der Waals surface area (Å²) in [6.07, 6.45) is 10.8. The van der Waals surface area contributed by atoms with Crippen molar-refractivity contribution in [1.29, 1.82) is 0 Å². The van der Waals surface area contributed by atoms with Gasteiger partial charge in [-0.3, -0.25) is 4.79 Å². The highest BCUT2D eigenvalue weighted by molar-refractivity contribution is 5.76. The van der Waals surface area contributed by atoms with Gasteiger partial charge in [0.15, 0.2) is 0 Å². The number of nitrogens with zero attached hydrogens (tertiary/aromatic N) is 3. The third kappa shape index (κ3) is 3.77. The van der Waals surface area contributed by atoms with Crippen LogP contribution in [0.1, 0.15) is 110 Å². The van der Waals surface area contributed by atoms with Gasteiger partial charge < -0.3 is 14.7 Å². The Balaban J connectivity index is 1.35. The van der Waals surface area contributed by atoms with Gasteiger partial charge in [0.2, 0.25) is 0 Å². The molecule has 0 unspecified atom stereocenters. The van der Waals surface area contributed by atoms with Crippen LogP contribution in [0.2, 0.25) is 0 Å². The van der Waals surface area contributed by atoms with E-state index >= 15 is 0 Å². The van der Waals surface area contributed by atoms with Crippen LogP contribution >= 0.6 is 0 Å². The molecule has 1 aliphatic heterocycles. The van der Waals surface area contributed by atoms with Gasteiger partial charge in [-0.15, -0.1) is 0 Å². The fourth-order valence-corrected chi connectivity index (χ4v) is 12.5. The molecule has 0 bridgehead atoms. The lowest BCUT2D eigenvalue weighted by Crippen LogP contribution is -2.65. The SMILES string of the molecule is Cc1nc(N2CCOCC2)c2c(n1)C(C)(C)[C@@H]1CC[C@]3(C)[C@H](CC=C4[C@@H]5[C@@H](C)[C@H](C)CC[C@]5(C(=O)O)CC[C@]43C)[C@@]1(C)C2. The van der Waals surface area contributed by atoms with E-state index in [0.717, 1.165) is 76.5 Å². The third-order valence-electron chi connectivity index (χ3n) is 15.1. The van der Waals surface area contributed by atoms with E-state index in [-0.39, 0.29) is 27.6 Å². The smallest absolute Gasteiger partial charge is 0.310 e. The molecule has 3 saturated carbocycles. The van der Waals surface area contributed by atoms with Gasteiger partial charge in [-0.05, 0) is 104 Å². The second-order valence-electron chi connectivity index (χ2n) is 17.0. The molecule has 5 aliphatic carbocycles. The van der Waals surface area contributed by atoms with Crippen molar-refractivity contribution in [2.75, 3.05) is 31.2 Å². The largest absolute Gasteiger partial charge is 0.481 e. The number of allylic oxidation sites excluding steroid dienone is 2. The molecule has 1 aromatic heterocycles. The molecule has 9 atom stereocenters. The van der Waals surface area contributed by atoms with Gasteiger partial charge in [-0.1, -0.05) is 60.1 Å². The molecular weight excluding hydrogens is 534 g/mol. The summed E-state index contributed by atoms with van der Waals surface area (Å²) in [4.78, 5) is 25.8. The Morgan fingerprint density at radius 1 is 0.977 bits per heavy atom. The predicted molar refractivity (Wildman–Crippen MR) is 170 cm³/mol. The molecular formula is C37H55N3O3. The van der Waals surface area contributed by atoms with E-state index in [0.29, 0.717) is 23.7 Å². The molecule has 2 heterocycles. The number of aromatic nitrogens is 2. The lowest BCUT2D eigenvalue weighted by molar-refractivity contribution is -0.179. The average Bonchev–Trinajstić information content (AvgIpc) is 2.95. The van der Waals surface area contributed by atoms with Crippen LogP contribution in [0.15, 0.2) is 11.6 Å². The number of hydrogen-bond acceptors (Lipinski definition) is 5. The fraction of sp³-hybridized carbons (Fsp3) is 0.811. The number of hydrogen-bond donors (Lipinski definition) is 1. The Bertz CT molecular complexity index is 1360. The van der Waals surface area contributed by atoms with Crippen LogP contribution in [0.3, 0.4) is 0 Å². The highest BCUT2D eigenvalue weighted by Gasteiger charge is 2.69. The number of fused-ring (bicyclic) bond motifs is 8. The lowest BCUT2D eigenvalue weighted by atomic mass is 9.33. The molecule has 0 amide bonds. The molecule has 1 saturated heterocycles. The fourth-order valence-electron chi connectivity index (χ4n) is 12.5. The van der Waals surface area contributed by atoms with Crippen LogP contribution in [0.25, 0.3) is 0 Å². The van der Waals surface area contributed by atoms with Crippen LogP contribution in [0.4, 0.5) is 5.82 Å². The molecule has 1 N–H and O–H groups in total. The van der Waals surface area contributed by atoms with Crippen molar-refractivity contribution in [3.05, 3.63) is 28.7 Å². The first-order valence-corrected chi connectivity index (χ1v) is 17.4. The zero-order chi connectivity index (χ0) is 30.7. The number of ether oxygens (including phenoxy) is 1. The van der Waals surface area contributed by atoms with Gasteiger partial charge in [-0.25, -0.2) is 9.97 Å². The van der Waals surface area contributed by atoms with Gasteiger partial charge in [-0.2, -0.15) is 0 Å². The van der Waals surface area contributed by atoms with Crippen LogP contribution in [0, 0.1) is 58.2 Å². The van der Waals surface area contributed by atoms with E-state index in [4.69, 9.17) is 14.7 Å². The summed E-state index contributed by atoms with van der Waals surface area (Å²) in [5, 5.41) is 10.7. The maximum absolute atomic E-state index is 13.1. The van der Waals surface area contributed by atoms with E-state index in [1.165, 1.54) is 29.7 Å². The normalized spacial score (nSPS) is 45.1. The number of morpholine rings is 1. The van der Waals surface area contributed by atoms with Crippen molar-refractivity contribution in [2.45, 2.75) is 112 Å². The maximum atomic E-state index is 13.1. The molecule has 6 nitrogen and oxygen atoms in total. The molecule has 0 spiro atoms. The minimum absolute atomic E-state index is 0.0278. The summed E-state index contributed by atoms with van der Waals surface area (Å²) in [6, 6.07) is 0. The maximum Gasteiger partial charge on any atom is 0.310 e. The topological polar surface area (TPSA) is 75.5 Å². The average molecular weight is 590 g/mol. The third-order valence-corrected chi connectivity index (χ3v) is 15.1. The highest BCUT2D eigenvalue weighted by atomic mass is 16.5. The zero-order valence-corrected chi connectivity index (χ0v) is 28.1. The Morgan fingerprint density at radius 2 is 1.70 bits per heavy atom. The molecule has 6 aliphatic rings. The first kappa shape index (κ1) is 29.7. The van der Waals surface area contributed by atoms with Crippen molar-refractivity contribution in [3.8, 4) is 0 Å². The molecule has 4 fully saturated rings. The van der Waals surface area contributed by atoms with E-state index in [1.54, 1.807) is 0 Å². The van der Waals surface area contributed by atoms with Gasteiger partial charge in [0.05, 0.1) is 24.3 Å². The summed E-state index contributed by atoms with van der Waals surface area (Å²) in [7, 11) is 0. The first-order chi connectivity index (χ1) is 20.2. The second kappa shape index (κ2) is 9.53. The van der Waals surface area contributed by atoms with Crippen LogP contribution in [-0.4, -0.2) is 47.3 Å². The van der Waals surface area contributed by atoms with Crippen molar-refractivity contribution in [3.63, 3.8) is 0 Å². The Labute approximate surface area is 259 Å². The Hall–Kier alpha value is -1.95. The number of carboxylic acids is 1. The predicted octanol–water partition coefficient (Wildman–Crippen LogP) is 7.38. The van der Waals surface area contributed by atoms with Gasteiger partial charge in [0.25, 0.3) is 0 Å². The quantitative estimate of drug-likeness (QED) is 0.363. The van der Waals surface area contributed by atoms with E-state index < -0.39 is 11.4 Å². The molecule has 236 valence electrons. The van der Waals surface area contributed by atoms with Gasteiger partial charge >= 0.3 is 5.97 Å². The number of carboxylic acid groups (broad SMARTS) is 1. The van der Waals surface area contributed by atoms with Gasteiger partial charge in [0.1, 0.15) is 11.6 Å². The summed E-state index contributed by atoms with van der Waals surface area (Å²) in [5.41, 5.74) is 3.82. The molecule has 0 radical (unpaired) electrons. The monoisotopic (exact) mass is 589 g/mol. The van der Waals surface area contributed by atoms with Gasteiger partial charge in [0, 0.05) is 24.1 Å². The number of rotatable bonds is 2. The Kier molecular flexibility index (Phi) is 6.59. The van der Waals surface area contributed by atoms with E-state index in [1.807, 2.05) is 0 Å².